The van der Waals surface area contributed by atoms with Crippen LogP contribution in [0.4, 0.5) is 0 Å². The number of rotatable bonds is 1. The fourth-order valence-corrected chi connectivity index (χ4v) is 1.40. The Morgan fingerprint density at radius 2 is 2.53 bits per heavy atom. The SMILES string of the molecule is [2H]c1nc2c(C([2H])([2H])[2H])ccc([2H])n2c(=O)c1-c1nnn[nH]1. The zero-order valence-corrected chi connectivity index (χ0v) is 8.30. The zero-order chi connectivity index (χ0) is 16.1. The van der Waals surface area contributed by atoms with Crippen molar-refractivity contribution in [2.24, 2.45) is 0 Å². The number of hydrogen-bond acceptors (Lipinski definition) is 5. The van der Waals surface area contributed by atoms with E-state index in [0.29, 0.717) is 0 Å². The summed E-state index contributed by atoms with van der Waals surface area (Å²) >= 11 is 0. The molecule has 7 nitrogen and oxygen atoms in total. The molecular weight excluding hydrogens is 220 g/mol. The monoisotopic (exact) mass is 233 g/mol. The number of aromatic amines is 1. The van der Waals surface area contributed by atoms with E-state index in [0.717, 1.165) is 4.40 Å². The van der Waals surface area contributed by atoms with Crippen LogP contribution in [-0.2, 0) is 0 Å². The number of nitrogens with zero attached hydrogens (tertiary/aromatic N) is 5. The predicted octanol–water partition coefficient (Wildman–Crippen LogP) is 0.183. The first-order valence-corrected chi connectivity index (χ1v) is 4.58. The van der Waals surface area contributed by atoms with Gasteiger partial charge in [-0.2, -0.15) is 0 Å². The van der Waals surface area contributed by atoms with Crippen LogP contribution >= 0.6 is 0 Å². The lowest BCUT2D eigenvalue weighted by Crippen LogP contribution is -2.17. The van der Waals surface area contributed by atoms with Crippen molar-refractivity contribution < 1.29 is 6.85 Å². The largest absolute Gasteiger partial charge is 0.269 e. The average molecular weight is 233 g/mol. The summed E-state index contributed by atoms with van der Waals surface area (Å²) in [6, 6.07) is 2.38. The standard InChI is InChI=1S/C10H8N6O/c1-6-3-2-4-16-9(6)11-5-7(10(16)17)8-12-14-15-13-8/h2-5H,1H3,(H,12,13,14,15)/i1D3,4D,5D. The van der Waals surface area contributed by atoms with Crippen LogP contribution in [0.3, 0.4) is 0 Å². The highest BCUT2D eigenvalue weighted by atomic mass is 16.1. The van der Waals surface area contributed by atoms with Gasteiger partial charge in [0.05, 0.1) is 2.74 Å². The lowest BCUT2D eigenvalue weighted by atomic mass is 10.2. The Hall–Kier alpha value is -2.57. The van der Waals surface area contributed by atoms with Gasteiger partial charge in [-0.25, -0.2) is 10.1 Å². The number of hydrogen-bond donors (Lipinski definition) is 1. The molecule has 0 bridgehead atoms. The van der Waals surface area contributed by atoms with Gasteiger partial charge in [0.25, 0.3) is 5.56 Å². The van der Waals surface area contributed by atoms with Crippen molar-refractivity contribution in [3.05, 3.63) is 40.4 Å². The summed E-state index contributed by atoms with van der Waals surface area (Å²) in [4.78, 5) is 16.4. The van der Waals surface area contributed by atoms with Crippen LogP contribution in [0.25, 0.3) is 17.0 Å². The highest BCUT2D eigenvalue weighted by Gasteiger charge is 2.10. The van der Waals surface area contributed by atoms with Crippen molar-refractivity contribution in [3.8, 4) is 11.4 Å². The Kier molecular flexibility index (Phi) is 1.16. The summed E-state index contributed by atoms with van der Waals surface area (Å²) < 4.78 is 38.9. The van der Waals surface area contributed by atoms with E-state index in [-0.39, 0.29) is 28.8 Å². The van der Waals surface area contributed by atoms with E-state index < -0.39 is 18.6 Å². The molecule has 0 atom stereocenters. The molecule has 0 unspecified atom stereocenters. The number of aryl methyl sites for hydroxylation is 1. The molecule has 0 aliphatic heterocycles. The Balaban J connectivity index is 2.48. The van der Waals surface area contributed by atoms with Crippen LogP contribution in [0.5, 0.6) is 0 Å². The molecule has 0 saturated heterocycles. The maximum Gasteiger partial charge on any atom is 0.269 e. The van der Waals surface area contributed by atoms with Gasteiger partial charge in [0.2, 0.25) is 0 Å². The number of fused-ring (bicyclic) bond motifs is 1. The number of H-pyrrole nitrogens is 1. The second kappa shape index (κ2) is 3.48. The summed E-state index contributed by atoms with van der Waals surface area (Å²) in [5.74, 6) is -0.0735. The van der Waals surface area contributed by atoms with Gasteiger partial charge < -0.3 is 0 Å². The molecule has 0 aliphatic carbocycles. The van der Waals surface area contributed by atoms with Gasteiger partial charge in [-0.15, -0.1) is 5.10 Å². The molecule has 3 aromatic rings. The van der Waals surface area contributed by atoms with E-state index in [4.69, 9.17) is 6.85 Å². The van der Waals surface area contributed by atoms with Crippen molar-refractivity contribution in [1.82, 2.24) is 30.0 Å². The summed E-state index contributed by atoms with van der Waals surface area (Å²) in [6.45, 7) is -2.53. The first-order chi connectivity index (χ1) is 10.3. The minimum absolute atomic E-state index is 0.0735. The van der Waals surface area contributed by atoms with Gasteiger partial charge in [0, 0.05) is 16.5 Å². The molecule has 0 saturated carbocycles. The molecule has 3 aromatic heterocycles. The van der Waals surface area contributed by atoms with Crippen LogP contribution in [0.1, 0.15) is 12.4 Å². The quantitative estimate of drug-likeness (QED) is 0.647. The minimum Gasteiger partial charge on any atom is -0.268 e. The van der Waals surface area contributed by atoms with Crippen LogP contribution in [0, 0.1) is 6.85 Å². The number of pyridine rings is 1. The fourth-order valence-electron chi connectivity index (χ4n) is 1.40. The van der Waals surface area contributed by atoms with Crippen LogP contribution < -0.4 is 5.56 Å². The molecule has 0 fully saturated rings. The van der Waals surface area contributed by atoms with Gasteiger partial charge in [0.15, 0.2) is 5.82 Å². The molecule has 84 valence electrons. The van der Waals surface area contributed by atoms with E-state index in [9.17, 15) is 4.79 Å². The van der Waals surface area contributed by atoms with E-state index in [2.05, 4.69) is 25.6 Å². The van der Waals surface area contributed by atoms with Crippen molar-refractivity contribution >= 4 is 5.65 Å². The van der Waals surface area contributed by atoms with Gasteiger partial charge in [0.1, 0.15) is 11.2 Å². The zero-order valence-electron chi connectivity index (χ0n) is 13.3. The smallest absolute Gasteiger partial charge is 0.268 e. The summed E-state index contributed by atoms with van der Waals surface area (Å²) in [7, 11) is 0. The maximum absolute atomic E-state index is 12.5. The van der Waals surface area contributed by atoms with E-state index in [1.165, 1.54) is 12.1 Å². The van der Waals surface area contributed by atoms with E-state index in [1.807, 2.05) is 0 Å². The van der Waals surface area contributed by atoms with Gasteiger partial charge in [-0.3, -0.25) is 9.20 Å². The number of tetrazole rings is 1. The number of aromatic nitrogens is 6. The van der Waals surface area contributed by atoms with Crippen molar-refractivity contribution in [1.29, 1.82) is 0 Å². The lowest BCUT2D eigenvalue weighted by Gasteiger charge is -2.03. The normalized spacial score (nSPS) is 15.9. The third-order valence-corrected chi connectivity index (χ3v) is 2.18. The van der Waals surface area contributed by atoms with Crippen molar-refractivity contribution in [2.45, 2.75) is 6.85 Å². The summed E-state index contributed by atoms with van der Waals surface area (Å²) in [5, 5.41) is 12.5. The average Bonchev–Trinajstić information content (AvgIpc) is 2.90. The first kappa shape index (κ1) is 5.67. The Bertz CT molecular complexity index is 916. The molecule has 3 heterocycles. The second-order valence-electron chi connectivity index (χ2n) is 3.19. The Morgan fingerprint density at radius 3 is 3.29 bits per heavy atom. The van der Waals surface area contributed by atoms with Crippen molar-refractivity contribution in [3.63, 3.8) is 0 Å². The molecule has 3 rings (SSSR count). The molecule has 0 radical (unpaired) electrons. The Morgan fingerprint density at radius 1 is 1.59 bits per heavy atom. The van der Waals surface area contributed by atoms with E-state index >= 15 is 0 Å². The molecule has 0 amide bonds. The fraction of sp³-hybridized carbons (Fsp3) is 0.100. The van der Waals surface area contributed by atoms with Gasteiger partial charge in [-0.05, 0) is 28.9 Å². The molecule has 0 aromatic carbocycles. The molecule has 0 aliphatic rings. The Labute approximate surface area is 102 Å². The molecule has 1 N–H and O–H groups in total. The van der Waals surface area contributed by atoms with Crippen LogP contribution in [0.2, 0.25) is 0 Å². The highest BCUT2D eigenvalue weighted by Crippen LogP contribution is 2.09. The first-order valence-electron chi connectivity index (χ1n) is 7.08. The van der Waals surface area contributed by atoms with Gasteiger partial charge in [-0.1, -0.05) is 6.07 Å². The minimum atomic E-state index is -2.53. The summed E-state index contributed by atoms with van der Waals surface area (Å²) in [5.41, 5.74) is -1.49. The molecule has 7 heteroatoms. The van der Waals surface area contributed by atoms with Crippen molar-refractivity contribution in [2.75, 3.05) is 0 Å². The molecule has 0 spiro atoms. The van der Waals surface area contributed by atoms with Crippen LogP contribution in [-0.4, -0.2) is 30.0 Å². The van der Waals surface area contributed by atoms with Crippen LogP contribution in [0.15, 0.2) is 29.3 Å². The second-order valence-corrected chi connectivity index (χ2v) is 3.19. The molecule has 17 heavy (non-hydrogen) atoms. The highest BCUT2D eigenvalue weighted by molar-refractivity contribution is 5.55. The topological polar surface area (TPSA) is 88.8 Å². The van der Waals surface area contributed by atoms with Gasteiger partial charge >= 0.3 is 0 Å². The van der Waals surface area contributed by atoms with E-state index in [1.54, 1.807) is 0 Å². The third-order valence-electron chi connectivity index (χ3n) is 2.18. The predicted molar refractivity (Wildman–Crippen MR) is 59.4 cm³/mol. The summed E-state index contributed by atoms with van der Waals surface area (Å²) in [6.07, 6.45) is -0.728. The lowest BCUT2D eigenvalue weighted by molar-refractivity contribution is 0.881. The maximum atomic E-state index is 12.5. The third kappa shape index (κ3) is 1.40. The molecular formula is C10H8N6O. The number of nitrogens with one attached hydrogen (secondary N) is 1.